The number of carbonyl (C=O) groups is 2. The first-order valence-electron chi connectivity index (χ1n) is 15.5. The molecule has 5 heteroatoms. The van der Waals surface area contributed by atoms with Gasteiger partial charge in [-0.15, -0.1) is 0 Å². The minimum Gasteiger partial charge on any atom is -0.462 e. The van der Waals surface area contributed by atoms with Crippen LogP contribution in [0, 0.1) is 0 Å². The first kappa shape index (κ1) is 36.1. The molecule has 0 heterocycles. The summed E-state index contributed by atoms with van der Waals surface area (Å²) < 4.78 is 10.5. The molecule has 0 aromatic rings. The summed E-state index contributed by atoms with van der Waals surface area (Å²) in [5.41, 5.74) is 0. The summed E-state index contributed by atoms with van der Waals surface area (Å²) >= 11 is 0. The van der Waals surface area contributed by atoms with Gasteiger partial charge in [0.1, 0.15) is 6.61 Å². The minimum absolute atomic E-state index is 0.0736. The van der Waals surface area contributed by atoms with Gasteiger partial charge in [-0.25, -0.2) is 0 Å². The lowest BCUT2D eigenvalue weighted by atomic mass is 10.1. The van der Waals surface area contributed by atoms with E-state index < -0.39 is 6.10 Å². The van der Waals surface area contributed by atoms with Crippen LogP contribution < -0.4 is 0 Å². The average molecular weight is 535 g/mol. The van der Waals surface area contributed by atoms with Crippen molar-refractivity contribution in [3.8, 4) is 0 Å². The molecule has 0 aromatic carbocycles. The van der Waals surface area contributed by atoms with Gasteiger partial charge in [-0.3, -0.25) is 9.59 Å². The Bertz CT molecular complexity index is 623. The number of carbonyl (C=O) groups excluding carboxylic acids is 2. The monoisotopic (exact) mass is 534 g/mol. The van der Waals surface area contributed by atoms with Gasteiger partial charge in [-0.2, -0.15) is 0 Å². The zero-order valence-corrected chi connectivity index (χ0v) is 24.7. The predicted molar refractivity (Wildman–Crippen MR) is 159 cm³/mol. The molecule has 0 saturated heterocycles. The number of aliphatic hydroxyl groups excluding tert-OH is 1. The molecule has 0 fully saturated rings. The number of hydrogen-bond acceptors (Lipinski definition) is 5. The van der Waals surface area contributed by atoms with E-state index in [1.807, 2.05) is 0 Å². The maximum atomic E-state index is 12.0. The van der Waals surface area contributed by atoms with Crippen LogP contribution in [0.2, 0.25) is 0 Å². The number of ether oxygens (including phenoxy) is 2. The highest BCUT2D eigenvalue weighted by atomic mass is 16.6. The smallest absolute Gasteiger partial charge is 0.306 e. The Balaban J connectivity index is 3.63. The summed E-state index contributed by atoms with van der Waals surface area (Å²) in [4.78, 5) is 24.0. The fourth-order valence-electron chi connectivity index (χ4n) is 4.10. The Kier molecular flexibility index (Phi) is 28.2. The molecule has 0 bridgehead atoms. The van der Waals surface area contributed by atoms with Crippen LogP contribution in [-0.4, -0.2) is 36.4 Å². The molecule has 0 spiro atoms. The van der Waals surface area contributed by atoms with Gasteiger partial charge in [-0.1, -0.05) is 121 Å². The van der Waals surface area contributed by atoms with Gasteiger partial charge >= 0.3 is 11.9 Å². The van der Waals surface area contributed by atoms with Crippen molar-refractivity contribution in [2.45, 2.75) is 148 Å². The Labute approximate surface area is 234 Å². The van der Waals surface area contributed by atoms with Crippen molar-refractivity contribution in [3.63, 3.8) is 0 Å². The van der Waals surface area contributed by atoms with E-state index in [2.05, 4.69) is 50.3 Å². The number of allylic oxidation sites excluding steroid dienone is 6. The van der Waals surface area contributed by atoms with Crippen molar-refractivity contribution in [3.05, 3.63) is 36.5 Å². The molecule has 0 aliphatic rings. The molecule has 0 aliphatic heterocycles. The number of hydrogen-bond donors (Lipinski definition) is 1. The Hall–Kier alpha value is -1.88. The van der Waals surface area contributed by atoms with Crippen molar-refractivity contribution < 1.29 is 24.2 Å². The van der Waals surface area contributed by atoms with Crippen LogP contribution in [0.15, 0.2) is 36.5 Å². The highest BCUT2D eigenvalue weighted by molar-refractivity contribution is 5.70. The van der Waals surface area contributed by atoms with Gasteiger partial charge in [0.05, 0.1) is 6.61 Å². The molecule has 1 N–H and O–H groups in total. The van der Waals surface area contributed by atoms with Gasteiger partial charge in [0.2, 0.25) is 0 Å². The molecule has 0 amide bonds. The Morgan fingerprint density at radius 1 is 0.632 bits per heavy atom. The molecular formula is C33H58O5. The number of aliphatic hydroxyl groups is 1. The van der Waals surface area contributed by atoms with Crippen LogP contribution in [-0.2, 0) is 19.1 Å². The predicted octanol–water partition coefficient (Wildman–Crippen LogP) is 8.94. The molecule has 0 unspecified atom stereocenters. The van der Waals surface area contributed by atoms with Crippen LogP contribution in [0.4, 0.5) is 0 Å². The van der Waals surface area contributed by atoms with E-state index >= 15 is 0 Å². The molecule has 0 aromatic heterocycles. The standard InChI is InChI=1S/C33H58O5/c1-3-5-7-9-11-13-14-15-16-17-18-20-21-23-25-27-32(35)37-30-31(29-34)38-33(36)28-26-24-22-19-12-10-8-6-4-2/h5,7,11,13,15-16,31,34H,3-4,6,8-10,12,14,17-30H2,1-2H3/b7-5+,13-11+,16-15+/t31-/m0/s1. The summed E-state index contributed by atoms with van der Waals surface area (Å²) in [6.07, 6.45) is 33.4. The van der Waals surface area contributed by atoms with Crippen molar-refractivity contribution in [2.24, 2.45) is 0 Å². The van der Waals surface area contributed by atoms with E-state index in [1.54, 1.807) is 0 Å². The Morgan fingerprint density at radius 3 is 1.71 bits per heavy atom. The average Bonchev–Trinajstić information content (AvgIpc) is 2.92. The number of esters is 2. The van der Waals surface area contributed by atoms with Crippen LogP contribution in [0.5, 0.6) is 0 Å². The summed E-state index contributed by atoms with van der Waals surface area (Å²) in [5, 5.41) is 9.46. The van der Waals surface area contributed by atoms with Gasteiger partial charge in [0, 0.05) is 12.8 Å². The lowest BCUT2D eigenvalue weighted by molar-refractivity contribution is -0.161. The second-order valence-corrected chi connectivity index (χ2v) is 10.2. The molecule has 0 radical (unpaired) electrons. The van der Waals surface area contributed by atoms with E-state index in [4.69, 9.17) is 9.47 Å². The molecule has 220 valence electrons. The van der Waals surface area contributed by atoms with E-state index in [0.29, 0.717) is 12.8 Å². The second-order valence-electron chi connectivity index (χ2n) is 10.2. The van der Waals surface area contributed by atoms with Gasteiger partial charge in [0.25, 0.3) is 0 Å². The lowest BCUT2D eigenvalue weighted by Gasteiger charge is -2.15. The fraction of sp³-hybridized carbons (Fsp3) is 0.758. The van der Waals surface area contributed by atoms with Crippen molar-refractivity contribution >= 4 is 11.9 Å². The maximum absolute atomic E-state index is 12.0. The van der Waals surface area contributed by atoms with E-state index in [-0.39, 0.29) is 25.2 Å². The zero-order valence-electron chi connectivity index (χ0n) is 24.7. The second kappa shape index (κ2) is 29.7. The summed E-state index contributed by atoms with van der Waals surface area (Å²) in [7, 11) is 0. The third-order valence-corrected chi connectivity index (χ3v) is 6.45. The van der Waals surface area contributed by atoms with Crippen LogP contribution >= 0.6 is 0 Å². The third kappa shape index (κ3) is 27.2. The number of rotatable bonds is 27. The van der Waals surface area contributed by atoms with E-state index in [0.717, 1.165) is 64.2 Å². The van der Waals surface area contributed by atoms with Crippen molar-refractivity contribution in [2.75, 3.05) is 13.2 Å². The van der Waals surface area contributed by atoms with Crippen LogP contribution in [0.25, 0.3) is 0 Å². The molecule has 0 saturated carbocycles. The zero-order chi connectivity index (χ0) is 27.9. The largest absolute Gasteiger partial charge is 0.462 e. The maximum Gasteiger partial charge on any atom is 0.306 e. The van der Waals surface area contributed by atoms with Gasteiger partial charge in [-0.05, 0) is 44.9 Å². The third-order valence-electron chi connectivity index (χ3n) is 6.45. The van der Waals surface area contributed by atoms with Gasteiger partial charge < -0.3 is 14.6 Å². The molecular weight excluding hydrogens is 476 g/mol. The van der Waals surface area contributed by atoms with Crippen molar-refractivity contribution in [1.29, 1.82) is 0 Å². The number of unbranched alkanes of at least 4 members (excludes halogenated alkanes) is 13. The molecule has 0 aliphatic carbocycles. The first-order valence-corrected chi connectivity index (χ1v) is 15.5. The van der Waals surface area contributed by atoms with E-state index in [9.17, 15) is 14.7 Å². The quantitative estimate of drug-likeness (QED) is 0.0647. The fourth-order valence-corrected chi connectivity index (χ4v) is 4.10. The van der Waals surface area contributed by atoms with Crippen molar-refractivity contribution in [1.82, 2.24) is 0 Å². The lowest BCUT2D eigenvalue weighted by Crippen LogP contribution is -2.28. The summed E-state index contributed by atoms with van der Waals surface area (Å²) in [6.45, 7) is 3.96. The first-order chi connectivity index (χ1) is 18.6. The minimum atomic E-state index is -0.772. The molecule has 0 rings (SSSR count). The van der Waals surface area contributed by atoms with E-state index in [1.165, 1.54) is 51.4 Å². The highest BCUT2D eigenvalue weighted by Crippen LogP contribution is 2.12. The SMILES string of the molecule is CC/C=C/C/C=C/C/C=C/CCCCCCCC(=O)OC[C@H](CO)OC(=O)CCCCCCCCCCC. The summed E-state index contributed by atoms with van der Waals surface area (Å²) in [5.74, 6) is -0.617. The molecule has 38 heavy (non-hydrogen) atoms. The topological polar surface area (TPSA) is 72.8 Å². The van der Waals surface area contributed by atoms with Gasteiger partial charge in [0.15, 0.2) is 6.10 Å². The normalized spacial score (nSPS) is 12.6. The van der Waals surface area contributed by atoms with Crippen LogP contribution in [0.1, 0.15) is 142 Å². The molecule has 5 nitrogen and oxygen atoms in total. The molecule has 1 atom stereocenters. The van der Waals surface area contributed by atoms with Crippen LogP contribution in [0.3, 0.4) is 0 Å². The summed E-state index contributed by atoms with van der Waals surface area (Å²) in [6, 6.07) is 0. The Morgan fingerprint density at radius 2 is 1.13 bits per heavy atom. The highest BCUT2D eigenvalue weighted by Gasteiger charge is 2.16.